The fourth-order valence-electron chi connectivity index (χ4n) is 2.99. The molecule has 0 radical (unpaired) electrons. The summed E-state index contributed by atoms with van der Waals surface area (Å²) in [6, 6.07) is 10.2. The molecule has 1 unspecified atom stereocenters. The van der Waals surface area contributed by atoms with E-state index < -0.39 is 0 Å². The van der Waals surface area contributed by atoms with Crippen LogP contribution in [0.4, 0.5) is 5.69 Å². The fourth-order valence-corrected chi connectivity index (χ4v) is 2.99. The molecule has 1 aromatic rings. The molecule has 6 heteroatoms. The van der Waals surface area contributed by atoms with E-state index in [4.69, 9.17) is 5.73 Å². The molecule has 1 fully saturated rings. The predicted molar refractivity (Wildman–Crippen MR) is 103 cm³/mol. The number of rotatable bonds is 7. The topological polar surface area (TPSA) is 52.8 Å². The highest BCUT2D eigenvalue weighted by atomic mass is 35.5. The van der Waals surface area contributed by atoms with Gasteiger partial charge in [0.05, 0.1) is 6.04 Å². The number of piperazine rings is 1. The number of para-hydroxylation sites is 1. The molecule has 0 aliphatic carbocycles. The van der Waals surface area contributed by atoms with E-state index in [1.54, 1.807) is 4.90 Å². The number of likely N-dealkylation sites (N-methyl/N-ethyl adjacent to an activating group) is 1. The third-order valence-electron chi connectivity index (χ3n) is 4.54. The molecule has 1 amide bonds. The Hall–Kier alpha value is -1.30. The standard InChI is InChI=1S/C18H30N4O.ClH/c1-3-7-17(19)18(23)20(2)10-11-21-12-14-22(15-13-21)16-8-5-4-6-9-16;/h4-6,8-9,17H,3,7,10-15,19H2,1-2H3;1H. The van der Waals surface area contributed by atoms with Crippen molar-refractivity contribution >= 4 is 24.0 Å². The number of benzene rings is 1. The molecule has 2 rings (SSSR count). The minimum Gasteiger partial charge on any atom is -0.369 e. The summed E-state index contributed by atoms with van der Waals surface area (Å²) in [5.74, 6) is 0.0646. The normalized spacial score (nSPS) is 16.4. The minimum atomic E-state index is -0.347. The zero-order valence-electron chi connectivity index (χ0n) is 14.9. The van der Waals surface area contributed by atoms with E-state index in [1.165, 1.54) is 5.69 Å². The largest absolute Gasteiger partial charge is 0.369 e. The van der Waals surface area contributed by atoms with Crippen molar-refractivity contribution in [3.63, 3.8) is 0 Å². The van der Waals surface area contributed by atoms with Crippen molar-refractivity contribution in [3.8, 4) is 0 Å². The molecule has 2 N–H and O–H groups in total. The van der Waals surface area contributed by atoms with Gasteiger partial charge >= 0.3 is 0 Å². The Morgan fingerprint density at radius 2 is 1.83 bits per heavy atom. The lowest BCUT2D eigenvalue weighted by Crippen LogP contribution is -2.50. The van der Waals surface area contributed by atoms with Gasteiger partial charge < -0.3 is 15.5 Å². The van der Waals surface area contributed by atoms with Gasteiger partial charge in [0.15, 0.2) is 0 Å². The summed E-state index contributed by atoms with van der Waals surface area (Å²) in [6.45, 7) is 7.88. The SMILES string of the molecule is CCCC(N)C(=O)N(C)CCN1CCN(c2ccccc2)CC1.Cl. The van der Waals surface area contributed by atoms with E-state index >= 15 is 0 Å². The van der Waals surface area contributed by atoms with E-state index in [1.807, 2.05) is 7.05 Å². The summed E-state index contributed by atoms with van der Waals surface area (Å²) in [5, 5.41) is 0. The van der Waals surface area contributed by atoms with Crippen LogP contribution in [-0.2, 0) is 4.79 Å². The molecular formula is C18H31ClN4O. The van der Waals surface area contributed by atoms with Crippen molar-refractivity contribution in [1.82, 2.24) is 9.80 Å². The number of halogens is 1. The summed E-state index contributed by atoms with van der Waals surface area (Å²) >= 11 is 0. The van der Waals surface area contributed by atoms with Gasteiger partial charge in [-0.05, 0) is 18.6 Å². The van der Waals surface area contributed by atoms with Crippen LogP contribution in [0.25, 0.3) is 0 Å². The Balaban J connectivity index is 0.00000288. The fraction of sp³-hybridized carbons (Fsp3) is 0.611. The average molecular weight is 355 g/mol. The van der Waals surface area contributed by atoms with Gasteiger partial charge in [0.1, 0.15) is 0 Å². The summed E-state index contributed by atoms with van der Waals surface area (Å²) < 4.78 is 0. The first-order valence-corrected chi connectivity index (χ1v) is 8.64. The third-order valence-corrected chi connectivity index (χ3v) is 4.54. The quantitative estimate of drug-likeness (QED) is 0.811. The smallest absolute Gasteiger partial charge is 0.239 e. The third kappa shape index (κ3) is 5.96. The van der Waals surface area contributed by atoms with E-state index in [9.17, 15) is 4.79 Å². The van der Waals surface area contributed by atoms with Crippen LogP contribution in [0.5, 0.6) is 0 Å². The second-order valence-electron chi connectivity index (χ2n) is 6.32. The molecule has 1 aliphatic heterocycles. The van der Waals surface area contributed by atoms with Crippen LogP contribution in [0.1, 0.15) is 19.8 Å². The van der Waals surface area contributed by atoms with Gasteiger partial charge in [-0.3, -0.25) is 9.69 Å². The predicted octanol–water partition coefficient (Wildman–Crippen LogP) is 1.82. The Morgan fingerprint density at radius 1 is 1.21 bits per heavy atom. The van der Waals surface area contributed by atoms with Crippen LogP contribution in [-0.4, -0.2) is 68.1 Å². The number of carbonyl (C=O) groups excluding carboxylic acids is 1. The van der Waals surface area contributed by atoms with Gasteiger partial charge in [-0.25, -0.2) is 0 Å². The molecule has 1 aliphatic rings. The molecule has 24 heavy (non-hydrogen) atoms. The first-order valence-electron chi connectivity index (χ1n) is 8.64. The number of amides is 1. The number of nitrogens with two attached hydrogens (primary N) is 1. The van der Waals surface area contributed by atoms with Gasteiger partial charge in [0, 0.05) is 52.0 Å². The molecule has 0 bridgehead atoms. The van der Waals surface area contributed by atoms with Crippen LogP contribution in [0, 0.1) is 0 Å². The number of anilines is 1. The maximum Gasteiger partial charge on any atom is 0.239 e. The Morgan fingerprint density at radius 3 is 2.42 bits per heavy atom. The van der Waals surface area contributed by atoms with E-state index in [0.29, 0.717) is 0 Å². The van der Waals surface area contributed by atoms with Gasteiger partial charge in [0.25, 0.3) is 0 Å². The van der Waals surface area contributed by atoms with E-state index in [2.05, 4.69) is 47.1 Å². The molecule has 136 valence electrons. The molecule has 1 atom stereocenters. The van der Waals surface area contributed by atoms with Crippen LogP contribution < -0.4 is 10.6 Å². The highest BCUT2D eigenvalue weighted by Crippen LogP contribution is 2.15. The highest BCUT2D eigenvalue weighted by Gasteiger charge is 2.20. The number of hydrogen-bond donors (Lipinski definition) is 1. The summed E-state index contributed by atoms with van der Waals surface area (Å²) in [4.78, 5) is 18.7. The highest BCUT2D eigenvalue weighted by molar-refractivity contribution is 5.85. The summed E-state index contributed by atoms with van der Waals surface area (Å²) in [5.41, 5.74) is 7.20. The number of nitrogens with zero attached hydrogens (tertiary/aromatic N) is 3. The molecule has 5 nitrogen and oxygen atoms in total. The Labute approximate surface area is 152 Å². The molecule has 0 saturated carbocycles. The lowest BCUT2D eigenvalue weighted by atomic mass is 10.1. The monoisotopic (exact) mass is 354 g/mol. The molecule has 1 aromatic carbocycles. The van der Waals surface area contributed by atoms with Crippen LogP contribution >= 0.6 is 12.4 Å². The van der Waals surface area contributed by atoms with Gasteiger partial charge in [-0.1, -0.05) is 31.5 Å². The first kappa shape index (κ1) is 20.7. The molecule has 0 aromatic heterocycles. The van der Waals surface area contributed by atoms with E-state index in [-0.39, 0.29) is 24.4 Å². The maximum atomic E-state index is 12.1. The second-order valence-corrected chi connectivity index (χ2v) is 6.32. The van der Waals surface area contributed by atoms with Crippen LogP contribution in [0.2, 0.25) is 0 Å². The molecule has 1 saturated heterocycles. The lowest BCUT2D eigenvalue weighted by molar-refractivity contribution is -0.131. The second kappa shape index (κ2) is 10.5. The minimum absolute atomic E-state index is 0. The number of carbonyl (C=O) groups is 1. The van der Waals surface area contributed by atoms with Crippen molar-refractivity contribution < 1.29 is 4.79 Å². The Kier molecular flexibility index (Phi) is 9.11. The Bertz CT molecular complexity index is 477. The number of hydrogen-bond acceptors (Lipinski definition) is 4. The lowest BCUT2D eigenvalue weighted by Gasteiger charge is -2.36. The van der Waals surface area contributed by atoms with Crippen molar-refractivity contribution in [3.05, 3.63) is 30.3 Å². The molecule has 0 spiro atoms. The molecular weight excluding hydrogens is 324 g/mol. The average Bonchev–Trinajstić information content (AvgIpc) is 2.60. The summed E-state index contributed by atoms with van der Waals surface area (Å²) in [6.07, 6.45) is 1.71. The van der Waals surface area contributed by atoms with Gasteiger partial charge in [0.2, 0.25) is 5.91 Å². The van der Waals surface area contributed by atoms with Crippen molar-refractivity contribution in [2.45, 2.75) is 25.8 Å². The first-order chi connectivity index (χ1) is 11.1. The van der Waals surface area contributed by atoms with Crippen molar-refractivity contribution in [1.29, 1.82) is 0 Å². The van der Waals surface area contributed by atoms with Gasteiger partial charge in [-0.15, -0.1) is 12.4 Å². The zero-order valence-corrected chi connectivity index (χ0v) is 15.7. The van der Waals surface area contributed by atoms with Crippen LogP contribution in [0.15, 0.2) is 30.3 Å². The zero-order chi connectivity index (χ0) is 16.7. The van der Waals surface area contributed by atoms with Crippen molar-refractivity contribution in [2.24, 2.45) is 5.73 Å². The maximum absolute atomic E-state index is 12.1. The molecule has 1 heterocycles. The van der Waals surface area contributed by atoms with Crippen molar-refractivity contribution in [2.75, 3.05) is 51.2 Å². The van der Waals surface area contributed by atoms with E-state index in [0.717, 1.165) is 52.1 Å². The summed E-state index contributed by atoms with van der Waals surface area (Å²) in [7, 11) is 1.86. The van der Waals surface area contributed by atoms with Gasteiger partial charge in [-0.2, -0.15) is 0 Å². The van der Waals surface area contributed by atoms with Crippen LogP contribution in [0.3, 0.4) is 0 Å².